The van der Waals surface area contributed by atoms with Crippen molar-refractivity contribution < 1.29 is 27.9 Å². The Morgan fingerprint density at radius 1 is 1.15 bits per heavy atom. The number of rotatable bonds is 12. The fourth-order valence-corrected chi connectivity index (χ4v) is 6.09. The van der Waals surface area contributed by atoms with Crippen LogP contribution in [-0.4, -0.2) is 85.7 Å². The summed E-state index contributed by atoms with van der Waals surface area (Å²) >= 11 is 0. The molecular formula is C26H35ClN6O6S. The van der Waals surface area contributed by atoms with Crippen LogP contribution in [0.1, 0.15) is 32.1 Å². The third kappa shape index (κ3) is 8.29. The topological polar surface area (TPSA) is 174 Å². The lowest BCUT2D eigenvalue weighted by Gasteiger charge is -2.31. The second-order valence-corrected chi connectivity index (χ2v) is 11.8. The molecule has 2 amide bonds. The maximum Gasteiger partial charge on any atom is 0.323 e. The number of nitrogens with two attached hydrogens (primary N) is 1. The number of carboxylic acid groups (broad SMARTS) is 1. The van der Waals surface area contributed by atoms with Crippen LogP contribution in [0.5, 0.6) is 0 Å². The van der Waals surface area contributed by atoms with Gasteiger partial charge in [0, 0.05) is 25.7 Å². The number of hydrogen-bond acceptors (Lipinski definition) is 7. The second kappa shape index (κ2) is 13.8. The van der Waals surface area contributed by atoms with E-state index in [0.29, 0.717) is 31.3 Å². The van der Waals surface area contributed by atoms with Crippen LogP contribution in [-0.2, 0) is 24.4 Å². The lowest BCUT2D eigenvalue weighted by molar-refractivity contribution is -0.146. The molecule has 1 heterocycles. The number of hydrogen-bond donors (Lipinski definition) is 4. The molecule has 1 aliphatic heterocycles. The van der Waals surface area contributed by atoms with Crippen LogP contribution < -0.4 is 15.9 Å². The van der Waals surface area contributed by atoms with Gasteiger partial charge in [0.25, 0.3) is 0 Å². The summed E-state index contributed by atoms with van der Waals surface area (Å²) < 4.78 is 29.1. The number of carboxylic acids is 1. The summed E-state index contributed by atoms with van der Waals surface area (Å²) in [6.45, 7) is 1.25. The normalized spacial score (nSPS) is 18.2. The van der Waals surface area contributed by atoms with E-state index in [0.717, 1.165) is 29.7 Å². The zero-order valence-corrected chi connectivity index (χ0v) is 23.6. The molecule has 2 aliphatic rings. The number of halogens is 1. The highest BCUT2D eigenvalue weighted by molar-refractivity contribution is 7.89. The van der Waals surface area contributed by atoms with Crippen LogP contribution in [0, 0.1) is 5.92 Å². The number of carbonyl (C=O) groups excluding carboxylic acids is 2. The minimum Gasteiger partial charge on any atom is -0.480 e. The Morgan fingerprint density at radius 2 is 1.88 bits per heavy atom. The molecular weight excluding hydrogens is 560 g/mol. The van der Waals surface area contributed by atoms with Gasteiger partial charge in [-0.25, -0.2) is 8.42 Å². The smallest absolute Gasteiger partial charge is 0.323 e. The van der Waals surface area contributed by atoms with Gasteiger partial charge in [0.2, 0.25) is 21.8 Å². The monoisotopic (exact) mass is 594 g/mol. The maximum atomic E-state index is 13.5. The Hall–Kier alpha value is -3.42. The number of fused-ring (bicyclic) bond motifs is 1. The van der Waals surface area contributed by atoms with Crippen molar-refractivity contribution in [3.63, 3.8) is 0 Å². The third-order valence-corrected chi connectivity index (χ3v) is 8.43. The number of benzene rings is 2. The first-order valence-electron chi connectivity index (χ1n) is 12.9. The highest BCUT2D eigenvalue weighted by Gasteiger charge is 2.39. The van der Waals surface area contributed by atoms with Gasteiger partial charge in [0.1, 0.15) is 18.9 Å². The largest absolute Gasteiger partial charge is 0.480 e. The molecule has 2 aromatic carbocycles. The van der Waals surface area contributed by atoms with E-state index in [1.165, 1.54) is 12.1 Å². The van der Waals surface area contributed by atoms with Crippen LogP contribution >= 0.6 is 12.4 Å². The molecule has 1 saturated heterocycles. The number of sulfonamides is 1. The van der Waals surface area contributed by atoms with Gasteiger partial charge in [-0.1, -0.05) is 30.3 Å². The van der Waals surface area contributed by atoms with Crippen molar-refractivity contribution in [1.29, 1.82) is 0 Å². The van der Waals surface area contributed by atoms with Gasteiger partial charge in [-0.3, -0.25) is 14.4 Å². The van der Waals surface area contributed by atoms with Gasteiger partial charge in [0.05, 0.1) is 11.3 Å². The van der Waals surface area contributed by atoms with E-state index in [2.05, 4.69) is 15.1 Å². The Morgan fingerprint density at radius 3 is 2.55 bits per heavy atom. The fraction of sp³-hybridized carbons (Fsp3) is 0.462. The number of nitrogens with zero attached hydrogens (tertiary/aromatic N) is 3. The minimum absolute atomic E-state index is 0. The summed E-state index contributed by atoms with van der Waals surface area (Å²) in [7, 11) is -4.22. The summed E-state index contributed by atoms with van der Waals surface area (Å²) in [6, 6.07) is 10.1. The van der Waals surface area contributed by atoms with E-state index < -0.39 is 46.8 Å². The van der Waals surface area contributed by atoms with Gasteiger partial charge in [-0.15, -0.1) is 12.4 Å². The van der Waals surface area contributed by atoms with Crippen LogP contribution in [0.25, 0.3) is 10.8 Å². The predicted molar refractivity (Wildman–Crippen MR) is 152 cm³/mol. The Labute approximate surface area is 239 Å². The van der Waals surface area contributed by atoms with E-state index in [1.807, 2.05) is 17.0 Å². The minimum atomic E-state index is -4.22. The molecule has 14 heteroatoms. The first kappa shape index (κ1) is 31.1. The number of piperidine rings is 1. The van der Waals surface area contributed by atoms with Crippen molar-refractivity contribution in [2.75, 3.05) is 26.2 Å². The molecule has 2 aromatic rings. The highest BCUT2D eigenvalue weighted by atomic mass is 35.5. The molecule has 0 unspecified atom stereocenters. The Kier molecular flexibility index (Phi) is 10.7. The average Bonchev–Trinajstić information content (AvgIpc) is 3.75. The molecule has 2 fully saturated rings. The van der Waals surface area contributed by atoms with Gasteiger partial charge in [-0.05, 0) is 54.5 Å². The van der Waals surface area contributed by atoms with Crippen molar-refractivity contribution in [3.8, 4) is 0 Å². The predicted octanol–water partition coefficient (Wildman–Crippen LogP) is 1.10. The standard InChI is InChI=1S/C26H34N6O6S.ClH/c27-29-17-31-11-3-4-18(15-31)14-28-24(33)13-23(26(36)32(16-25(34)35)21-8-9-21)30-39(37,38)22-10-7-19-5-1-2-6-20(19)12-22;/h1-2,5-7,10,12,17-18,21,23,30H,3-4,8-9,11,13-16,27H2,(H,28,33)(H,34,35);1H/t18-,23-;/m1./s1. The summed E-state index contributed by atoms with van der Waals surface area (Å²) in [6.07, 6.45) is 4.14. The number of likely N-dealkylation sites (tertiary alicyclic amines) is 1. The van der Waals surface area contributed by atoms with Crippen molar-refractivity contribution in [1.82, 2.24) is 19.8 Å². The van der Waals surface area contributed by atoms with Gasteiger partial charge in [-0.2, -0.15) is 9.82 Å². The number of aliphatic carboxylic acids is 1. The van der Waals surface area contributed by atoms with Crippen molar-refractivity contribution in [2.24, 2.45) is 16.9 Å². The van der Waals surface area contributed by atoms with Crippen LogP contribution in [0.4, 0.5) is 0 Å². The Bertz CT molecular complexity index is 1350. The van der Waals surface area contributed by atoms with Crippen LogP contribution in [0.3, 0.4) is 0 Å². The average molecular weight is 595 g/mol. The first-order chi connectivity index (χ1) is 18.7. The molecule has 2 atom stereocenters. The van der Waals surface area contributed by atoms with E-state index in [4.69, 9.17) is 5.84 Å². The van der Waals surface area contributed by atoms with Gasteiger partial charge < -0.3 is 26.1 Å². The quantitative estimate of drug-likeness (QED) is 0.122. The highest BCUT2D eigenvalue weighted by Crippen LogP contribution is 2.28. The molecule has 40 heavy (non-hydrogen) atoms. The zero-order valence-electron chi connectivity index (χ0n) is 21.9. The second-order valence-electron chi connectivity index (χ2n) is 10.0. The maximum absolute atomic E-state index is 13.5. The van der Waals surface area contributed by atoms with Crippen molar-refractivity contribution in [3.05, 3.63) is 42.5 Å². The number of hydrazone groups is 1. The molecule has 1 saturated carbocycles. The lowest BCUT2D eigenvalue weighted by atomic mass is 9.98. The SMILES string of the molecule is Cl.NN=CN1CCC[C@H](CNC(=O)C[C@@H](NS(=O)(=O)c2ccc3ccccc3c2)C(=O)N(CC(=O)O)C2CC2)C1. The summed E-state index contributed by atoms with van der Waals surface area (Å²) in [4.78, 5) is 40.9. The fourth-order valence-electron chi connectivity index (χ4n) is 4.87. The van der Waals surface area contributed by atoms with E-state index in [1.54, 1.807) is 24.5 Å². The molecule has 218 valence electrons. The molecule has 5 N–H and O–H groups in total. The van der Waals surface area contributed by atoms with E-state index >= 15 is 0 Å². The molecule has 4 rings (SSSR count). The summed E-state index contributed by atoms with van der Waals surface area (Å²) in [5, 5.41) is 17.2. The number of amides is 2. The number of nitrogens with one attached hydrogen (secondary N) is 2. The van der Waals surface area contributed by atoms with Crippen LogP contribution in [0.15, 0.2) is 52.5 Å². The third-order valence-electron chi connectivity index (χ3n) is 6.96. The van der Waals surface area contributed by atoms with Crippen LogP contribution in [0.2, 0.25) is 0 Å². The lowest BCUT2D eigenvalue weighted by Crippen LogP contribution is -2.52. The zero-order chi connectivity index (χ0) is 28.0. The molecule has 1 aliphatic carbocycles. The Balaban J connectivity index is 0.00000441. The van der Waals surface area contributed by atoms with Crippen molar-refractivity contribution >= 4 is 57.3 Å². The number of carbonyl (C=O) groups is 3. The molecule has 12 nitrogen and oxygen atoms in total. The van der Waals surface area contributed by atoms with E-state index in [9.17, 15) is 27.9 Å². The molecule has 0 aromatic heterocycles. The van der Waals surface area contributed by atoms with Gasteiger partial charge in [0.15, 0.2) is 0 Å². The summed E-state index contributed by atoms with van der Waals surface area (Å²) in [5.74, 6) is 2.92. The van der Waals surface area contributed by atoms with Gasteiger partial charge >= 0.3 is 5.97 Å². The van der Waals surface area contributed by atoms with Crippen molar-refractivity contribution in [2.45, 2.75) is 49.1 Å². The first-order valence-corrected chi connectivity index (χ1v) is 14.4. The molecule has 0 radical (unpaired) electrons. The molecule has 0 bridgehead atoms. The molecule has 0 spiro atoms. The van der Waals surface area contributed by atoms with E-state index in [-0.39, 0.29) is 29.3 Å². The summed E-state index contributed by atoms with van der Waals surface area (Å²) in [5.41, 5.74) is 0.